The van der Waals surface area contributed by atoms with Gasteiger partial charge in [-0.25, -0.2) is 4.98 Å². The van der Waals surface area contributed by atoms with Crippen LogP contribution in [0.15, 0.2) is 42.9 Å². The van der Waals surface area contributed by atoms with Gasteiger partial charge in [0.2, 0.25) is 0 Å². The number of nitrogens with one attached hydrogen (secondary N) is 1. The minimum Gasteiger partial charge on any atom is -0.378 e. The fraction of sp³-hybridized carbons (Fsp3) is 0.312. The molecule has 0 bridgehead atoms. The first-order valence-electron chi connectivity index (χ1n) is 7.29. The number of rotatable bonds is 4. The Kier molecular flexibility index (Phi) is 4.60. The Morgan fingerprint density at radius 2 is 2.05 bits per heavy atom. The monoisotopic (exact) mass is 298 g/mol. The van der Waals surface area contributed by atoms with Crippen molar-refractivity contribution in [2.45, 2.75) is 6.54 Å². The first-order valence-corrected chi connectivity index (χ1v) is 7.29. The second kappa shape index (κ2) is 7.00. The highest BCUT2D eigenvalue weighted by Crippen LogP contribution is 2.18. The molecule has 2 aromatic rings. The van der Waals surface area contributed by atoms with Gasteiger partial charge in [-0.05, 0) is 23.8 Å². The summed E-state index contributed by atoms with van der Waals surface area (Å²) in [6.45, 7) is 3.27. The average molecular weight is 298 g/mol. The molecule has 114 valence electrons. The summed E-state index contributed by atoms with van der Waals surface area (Å²) in [4.78, 5) is 23.0. The highest BCUT2D eigenvalue weighted by Gasteiger charge is 2.19. The number of nitrogens with zero attached hydrogens (tertiary/aromatic N) is 3. The van der Waals surface area contributed by atoms with E-state index < -0.39 is 0 Å². The van der Waals surface area contributed by atoms with Crippen LogP contribution < -0.4 is 10.2 Å². The Bertz CT molecular complexity index is 627. The molecule has 1 N–H and O–H groups in total. The van der Waals surface area contributed by atoms with Gasteiger partial charge in [0.25, 0.3) is 5.91 Å². The molecular weight excluding hydrogens is 280 g/mol. The molecule has 0 unspecified atom stereocenters. The van der Waals surface area contributed by atoms with Crippen molar-refractivity contribution in [3.05, 3.63) is 54.0 Å². The topological polar surface area (TPSA) is 67.4 Å². The fourth-order valence-corrected chi connectivity index (χ4v) is 2.38. The third-order valence-corrected chi connectivity index (χ3v) is 3.52. The molecule has 6 nitrogen and oxygen atoms in total. The highest BCUT2D eigenvalue weighted by molar-refractivity contribution is 5.98. The van der Waals surface area contributed by atoms with Crippen LogP contribution in [0.3, 0.4) is 0 Å². The second-order valence-electron chi connectivity index (χ2n) is 5.02. The molecule has 6 heteroatoms. The summed E-state index contributed by atoms with van der Waals surface area (Å²) < 4.78 is 5.35. The summed E-state index contributed by atoms with van der Waals surface area (Å²) in [7, 11) is 0. The van der Waals surface area contributed by atoms with E-state index in [9.17, 15) is 4.79 Å². The van der Waals surface area contributed by atoms with Crippen LogP contribution in [0.2, 0.25) is 0 Å². The summed E-state index contributed by atoms with van der Waals surface area (Å²) in [6.07, 6.45) is 5.16. The maximum atomic E-state index is 12.5. The number of amides is 1. The zero-order valence-corrected chi connectivity index (χ0v) is 12.2. The van der Waals surface area contributed by atoms with Crippen molar-refractivity contribution in [3.8, 4) is 0 Å². The smallest absolute Gasteiger partial charge is 0.255 e. The lowest BCUT2D eigenvalue weighted by Gasteiger charge is -2.29. The number of aromatic nitrogens is 2. The molecule has 2 aromatic heterocycles. The average Bonchev–Trinajstić information content (AvgIpc) is 2.61. The standard InChI is InChI=1S/C16H18N4O2/c21-16(19-12-13-3-1-5-17-11-13)14-4-2-6-18-15(14)20-7-9-22-10-8-20/h1-6,11H,7-10,12H2,(H,19,21). The van der Waals surface area contributed by atoms with E-state index >= 15 is 0 Å². The molecule has 22 heavy (non-hydrogen) atoms. The lowest BCUT2D eigenvalue weighted by molar-refractivity contribution is 0.0949. The molecule has 1 aliphatic rings. The molecule has 0 saturated carbocycles. The molecule has 1 amide bonds. The van der Waals surface area contributed by atoms with Crippen LogP contribution in [0.1, 0.15) is 15.9 Å². The maximum Gasteiger partial charge on any atom is 0.255 e. The lowest BCUT2D eigenvalue weighted by Crippen LogP contribution is -2.38. The second-order valence-corrected chi connectivity index (χ2v) is 5.02. The number of hydrogen-bond acceptors (Lipinski definition) is 5. The quantitative estimate of drug-likeness (QED) is 0.920. The molecule has 1 saturated heterocycles. The molecule has 0 radical (unpaired) electrons. The molecule has 0 spiro atoms. The van der Waals surface area contributed by atoms with Crippen molar-refractivity contribution < 1.29 is 9.53 Å². The first-order chi connectivity index (χ1) is 10.8. The molecule has 1 aliphatic heterocycles. The summed E-state index contributed by atoms with van der Waals surface area (Å²) >= 11 is 0. The molecule has 3 rings (SSSR count). The molecule has 1 fully saturated rings. The van der Waals surface area contributed by atoms with Gasteiger partial charge in [0, 0.05) is 38.2 Å². The molecular formula is C16H18N4O2. The van der Waals surface area contributed by atoms with Crippen LogP contribution in [0.25, 0.3) is 0 Å². The van der Waals surface area contributed by atoms with Crippen LogP contribution in [0.4, 0.5) is 5.82 Å². The van der Waals surface area contributed by atoms with Gasteiger partial charge in [0.15, 0.2) is 0 Å². The van der Waals surface area contributed by atoms with Crippen molar-refractivity contribution >= 4 is 11.7 Å². The van der Waals surface area contributed by atoms with E-state index in [0.29, 0.717) is 25.3 Å². The van der Waals surface area contributed by atoms with Gasteiger partial charge in [-0.15, -0.1) is 0 Å². The number of morpholine rings is 1. The molecule has 0 aliphatic carbocycles. The Morgan fingerprint density at radius 1 is 1.23 bits per heavy atom. The summed E-state index contributed by atoms with van der Waals surface area (Å²) in [5, 5.41) is 2.92. The van der Waals surface area contributed by atoms with Crippen molar-refractivity contribution in [2.75, 3.05) is 31.2 Å². The zero-order chi connectivity index (χ0) is 15.2. The first kappa shape index (κ1) is 14.5. The van der Waals surface area contributed by atoms with Crippen LogP contribution in [0.5, 0.6) is 0 Å². The van der Waals surface area contributed by atoms with E-state index in [2.05, 4.69) is 20.2 Å². The van der Waals surface area contributed by atoms with Crippen LogP contribution in [0, 0.1) is 0 Å². The van der Waals surface area contributed by atoms with Crippen LogP contribution in [-0.2, 0) is 11.3 Å². The third kappa shape index (κ3) is 3.40. The van der Waals surface area contributed by atoms with E-state index in [1.807, 2.05) is 12.1 Å². The Labute approximate surface area is 129 Å². The van der Waals surface area contributed by atoms with Crippen molar-refractivity contribution in [2.24, 2.45) is 0 Å². The van der Waals surface area contributed by atoms with Crippen LogP contribution >= 0.6 is 0 Å². The number of carbonyl (C=O) groups is 1. The van der Waals surface area contributed by atoms with E-state index in [1.54, 1.807) is 30.7 Å². The number of pyridine rings is 2. The minimum absolute atomic E-state index is 0.126. The fourth-order valence-electron chi connectivity index (χ4n) is 2.38. The van der Waals surface area contributed by atoms with E-state index in [-0.39, 0.29) is 5.91 Å². The summed E-state index contributed by atoms with van der Waals surface area (Å²) in [5.74, 6) is 0.591. The third-order valence-electron chi connectivity index (χ3n) is 3.52. The SMILES string of the molecule is O=C(NCc1cccnc1)c1cccnc1N1CCOCC1. The van der Waals surface area contributed by atoms with Gasteiger partial charge in [-0.2, -0.15) is 0 Å². The van der Waals surface area contributed by atoms with Gasteiger partial charge >= 0.3 is 0 Å². The van der Waals surface area contributed by atoms with Gasteiger partial charge in [-0.1, -0.05) is 6.07 Å². The Balaban J connectivity index is 1.72. The lowest BCUT2D eigenvalue weighted by atomic mass is 10.2. The van der Waals surface area contributed by atoms with Crippen LogP contribution in [-0.4, -0.2) is 42.2 Å². The zero-order valence-electron chi connectivity index (χ0n) is 12.2. The van der Waals surface area contributed by atoms with Crippen molar-refractivity contribution in [1.29, 1.82) is 0 Å². The van der Waals surface area contributed by atoms with Gasteiger partial charge in [-0.3, -0.25) is 9.78 Å². The normalized spacial score (nSPS) is 14.6. The van der Waals surface area contributed by atoms with E-state index in [4.69, 9.17) is 4.74 Å². The Hall–Kier alpha value is -2.47. The Morgan fingerprint density at radius 3 is 2.82 bits per heavy atom. The number of ether oxygens (including phenoxy) is 1. The predicted octanol–water partition coefficient (Wildman–Crippen LogP) is 1.24. The molecule has 3 heterocycles. The van der Waals surface area contributed by atoms with Crippen molar-refractivity contribution in [3.63, 3.8) is 0 Å². The van der Waals surface area contributed by atoms with E-state index in [0.717, 1.165) is 24.5 Å². The van der Waals surface area contributed by atoms with Gasteiger partial charge < -0.3 is 15.0 Å². The highest BCUT2D eigenvalue weighted by atomic mass is 16.5. The molecule has 0 aromatic carbocycles. The van der Waals surface area contributed by atoms with Gasteiger partial charge in [0.05, 0.1) is 18.8 Å². The number of hydrogen-bond donors (Lipinski definition) is 1. The largest absolute Gasteiger partial charge is 0.378 e. The van der Waals surface area contributed by atoms with Gasteiger partial charge in [0.1, 0.15) is 5.82 Å². The summed E-state index contributed by atoms with van der Waals surface area (Å²) in [6, 6.07) is 7.36. The maximum absolute atomic E-state index is 12.5. The van der Waals surface area contributed by atoms with E-state index in [1.165, 1.54) is 0 Å². The number of anilines is 1. The minimum atomic E-state index is -0.126. The molecule has 0 atom stereocenters. The van der Waals surface area contributed by atoms with Crippen molar-refractivity contribution in [1.82, 2.24) is 15.3 Å². The summed E-state index contributed by atoms with van der Waals surface area (Å²) in [5.41, 5.74) is 1.56. The predicted molar refractivity (Wildman–Crippen MR) is 82.7 cm³/mol. The number of carbonyl (C=O) groups excluding carboxylic acids is 1.